The van der Waals surface area contributed by atoms with Crippen molar-refractivity contribution in [2.75, 3.05) is 19.0 Å². The van der Waals surface area contributed by atoms with Crippen molar-refractivity contribution in [2.24, 2.45) is 0 Å². The van der Waals surface area contributed by atoms with Crippen molar-refractivity contribution in [3.8, 4) is 11.5 Å². The van der Waals surface area contributed by atoms with Crippen LogP contribution >= 0.6 is 0 Å². The predicted octanol–water partition coefficient (Wildman–Crippen LogP) is 5.48. The summed E-state index contributed by atoms with van der Waals surface area (Å²) in [5.41, 5.74) is 1.16. The fourth-order valence-corrected chi connectivity index (χ4v) is 2.70. The number of anilines is 1. The summed E-state index contributed by atoms with van der Waals surface area (Å²) >= 11 is 0. The Morgan fingerprint density at radius 1 is 1.09 bits per heavy atom. The lowest BCUT2D eigenvalue weighted by Gasteiger charge is -2.19. The third-order valence-corrected chi connectivity index (χ3v) is 4.42. The standard InChI is InChI=1S/C22H23F4NO6/c1-4-13-6-8-16(20(28)30-3)18(10-13)27-21(29)32-14(5-2)12-31-19-11-15(7-9-17(19)23)33-22(24,25)26/h6-11,14H,4-5,12H2,1-3H3,(H,27,29). The van der Waals surface area contributed by atoms with E-state index in [1.807, 2.05) is 6.92 Å². The Bertz CT molecular complexity index is 980. The van der Waals surface area contributed by atoms with Crippen molar-refractivity contribution in [1.29, 1.82) is 0 Å². The molecule has 0 radical (unpaired) electrons. The van der Waals surface area contributed by atoms with Gasteiger partial charge in [-0.05, 0) is 42.7 Å². The molecule has 0 heterocycles. The maximum Gasteiger partial charge on any atom is 0.573 e. The maximum absolute atomic E-state index is 13.9. The van der Waals surface area contributed by atoms with E-state index in [0.717, 1.165) is 23.8 Å². The second-order valence-corrected chi connectivity index (χ2v) is 6.74. The third kappa shape index (κ3) is 7.85. The van der Waals surface area contributed by atoms with Crippen LogP contribution in [0.4, 0.5) is 28.0 Å². The highest BCUT2D eigenvalue weighted by molar-refractivity contribution is 5.99. The van der Waals surface area contributed by atoms with Gasteiger partial charge in [-0.2, -0.15) is 0 Å². The van der Waals surface area contributed by atoms with E-state index >= 15 is 0 Å². The first-order chi connectivity index (χ1) is 15.6. The van der Waals surface area contributed by atoms with Gasteiger partial charge in [-0.1, -0.05) is 19.9 Å². The highest BCUT2D eigenvalue weighted by atomic mass is 19.4. The molecule has 11 heteroatoms. The summed E-state index contributed by atoms with van der Waals surface area (Å²) in [6.07, 6.45) is -5.81. The number of aryl methyl sites for hydroxylation is 1. The Hall–Kier alpha value is -3.50. The van der Waals surface area contributed by atoms with E-state index < -0.39 is 41.8 Å². The van der Waals surface area contributed by atoms with Crippen LogP contribution in [-0.4, -0.2) is 38.2 Å². The average molecular weight is 473 g/mol. The first kappa shape index (κ1) is 25.8. The Morgan fingerprint density at radius 3 is 2.42 bits per heavy atom. The largest absolute Gasteiger partial charge is 0.573 e. The number of amides is 1. The molecule has 1 atom stereocenters. The quantitative estimate of drug-likeness (QED) is 0.384. The smallest absolute Gasteiger partial charge is 0.487 e. The summed E-state index contributed by atoms with van der Waals surface area (Å²) in [5, 5.41) is 2.47. The van der Waals surface area contributed by atoms with Crippen LogP contribution in [0.15, 0.2) is 36.4 Å². The van der Waals surface area contributed by atoms with Gasteiger partial charge in [0.15, 0.2) is 11.6 Å². The number of halogens is 4. The van der Waals surface area contributed by atoms with E-state index in [4.69, 9.17) is 14.2 Å². The van der Waals surface area contributed by atoms with Crippen molar-refractivity contribution in [3.05, 3.63) is 53.3 Å². The SMILES string of the molecule is CCc1ccc(C(=O)OC)c(NC(=O)OC(CC)COc2cc(OC(F)(F)F)ccc2F)c1. The third-order valence-electron chi connectivity index (χ3n) is 4.42. The Kier molecular flexibility index (Phi) is 8.89. The van der Waals surface area contributed by atoms with Crippen LogP contribution in [0, 0.1) is 5.82 Å². The molecule has 0 aliphatic carbocycles. The van der Waals surface area contributed by atoms with Gasteiger partial charge in [-0.15, -0.1) is 13.2 Å². The number of ether oxygens (including phenoxy) is 4. The molecule has 33 heavy (non-hydrogen) atoms. The van der Waals surface area contributed by atoms with E-state index in [1.165, 1.54) is 13.2 Å². The molecule has 180 valence electrons. The number of hydrogen-bond acceptors (Lipinski definition) is 6. The highest BCUT2D eigenvalue weighted by Gasteiger charge is 2.31. The molecule has 0 aromatic heterocycles. The summed E-state index contributed by atoms with van der Waals surface area (Å²) < 4.78 is 69.9. The van der Waals surface area contributed by atoms with Crippen molar-refractivity contribution >= 4 is 17.7 Å². The molecule has 1 N–H and O–H groups in total. The molecule has 1 unspecified atom stereocenters. The van der Waals surface area contributed by atoms with Crippen LogP contribution in [-0.2, 0) is 15.9 Å². The molecular weight excluding hydrogens is 450 g/mol. The van der Waals surface area contributed by atoms with Crippen LogP contribution in [0.1, 0.15) is 36.2 Å². The number of esters is 1. The molecule has 0 spiro atoms. The second kappa shape index (κ2) is 11.4. The van der Waals surface area contributed by atoms with Gasteiger partial charge in [0.05, 0.1) is 18.4 Å². The minimum Gasteiger partial charge on any atom is -0.487 e. The zero-order valence-corrected chi connectivity index (χ0v) is 18.1. The molecule has 0 aliphatic rings. The number of methoxy groups -OCH3 is 1. The van der Waals surface area contributed by atoms with E-state index in [-0.39, 0.29) is 24.3 Å². The first-order valence-electron chi connectivity index (χ1n) is 9.93. The zero-order chi connectivity index (χ0) is 24.6. The van der Waals surface area contributed by atoms with Gasteiger partial charge in [0.2, 0.25) is 0 Å². The number of carbonyl (C=O) groups excluding carboxylic acids is 2. The van der Waals surface area contributed by atoms with Gasteiger partial charge in [-0.25, -0.2) is 14.0 Å². The van der Waals surface area contributed by atoms with Gasteiger partial charge >= 0.3 is 18.4 Å². The minimum absolute atomic E-state index is 0.125. The molecule has 2 aromatic carbocycles. The lowest BCUT2D eigenvalue weighted by Crippen LogP contribution is -2.28. The monoisotopic (exact) mass is 473 g/mol. The molecule has 0 saturated carbocycles. The molecular formula is C22H23F4NO6. The van der Waals surface area contributed by atoms with Crippen molar-refractivity contribution < 1.29 is 46.1 Å². The molecule has 2 aromatic rings. The number of alkyl halides is 3. The molecule has 0 aliphatic heterocycles. The molecule has 2 rings (SSSR count). The summed E-state index contributed by atoms with van der Waals surface area (Å²) in [6.45, 7) is 3.22. The highest BCUT2D eigenvalue weighted by Crippen LogP contribution is 2.28. The van der Waals surface area contributed by atoms with Crippen LogP contribution in [0.2, 0.25) is 0 Å². The topological polar surface area (TPSA) is 83.1 Å². The van der Waals surface area contributed by atoms with Crippen LogP contribution in [0.25, 0.3) is 0 Å². The lowest BCUT2D eigenvalue weighted by molar-refractivity contribution is -0.274. The summed E-state index contributed by atoms with van der Waals surface area (Å²) in [5.74, 6) is -2.72. The Labute approximate surface area is 187 Å². The zero-order valence-electron chi connectivity index (χ0n) is 18.1. The predicted molar refractivity (Wildman–Crippen MR) is 110 cm³/mol. The lowest BCUT2D eigenvalue weighted by atomic mass is 10.1. The Morgan fingerprint density at radius 2 is 1.82 bits per heavy atom. The van der Waals surface area contributed by atoms with Crippen LogP contribution < -0.4 is 14.8 Å². The van der Waals surface area contributed by atoms with Crippen LogP contribution in [0.5, 0.6) is 11.5 Å². The molecule has 7 nitrogen and oxygen atoms in total. The van der Waals surface area contributed by atoms with Gasteiger partial charge in [0, 0.05) is 6.07 Å². The summed E-state index contributed by atoms with van der Waals surface area (Å²) in [7, 11) is 1.20. The van der Waals surface area contributed by atoms with Crippen molar-refractivity contribution in [2.45, 2.75) is 39.2 Å². The normalized spacial score (nSPS) is 12.0. The first-order valence-corrected chi connectivity index (χ1v) is 9.93. The Balaban J connectivity index is 2.05. The fraction of sp³-hybridized carbons (Fsp3) is 0.364. The van der Waals surface area contributed by atoms with E-state index in [0.29, 0.717) is 6.42 Å². The maximum atomic E-state index is 13.9. The number of nitrogens with one attached hydrogen (secondary N) is 1. The molecule has 0 saturated heterocycles. The van der Waals surface area contributed by atoms with Gasteiger partial charge < -0.3 is 18.9 Å². The van der Waals surface area contributed by atoms with Gasteiger partial charge in [0.25, 0.3) is 0 Å². The van der Waals surface area contributed by atoms with Crippen molar-refractivity contribution in [1.82, 2.24) is 0 Å². The van der Waals surface area contributed by atoms with E-state index in [2.05, 4.69) is 10.1 Å². The number of carbonyl (C=O) groups is 2. The van der Waals surface area contributed by atoms with E-state index in [1.54, 1.807) is 19.1 Å². The average Bonchev–Trinajstić information content (AvgIpc) is 2.76. The number of rotatable bonds is 9. The minimum atomic E-state index is -4.94. The van der Waals surface area contributed by atoms with Crippen LogP contribution in [0.3, 0.4) is 0 Å². The van der Waals surface area contributed by atoms with Crippen molar-refractivity contribution in [3.63, 3.8) is 0 Å². The fourth-order valence-electron chi connectivity index (χ4n) is 2.70. The number of hydrogen-bond donors (Lipinski definition) is 1. The molecule has 0 bridgehead atoms. The summed E-state index contributed by atoms with van der Waals surface area (Å²) in [6, 6.07) is 7.15. The van der Waals surface area contributed by atoms with Gasteiger partial charge in [-0.3, -0.25) is 5.32 Å². The molecule has 1 amide bonds. The number of benzene rings is 2. The second-order valence-electron chi connectivity index (χ2n) is 6.74. The van der Waals surface area contributed by atoms with E-state index in [9.17, 15) is 27.2 Å². The summed E-state index contributed by atoms with van der Waals surface area (Å²) in [4.78, 5) is 24.3. The molecule has 0 fully saturated rings. The van der Waals surface area contributed by atoms with Gasteiger partial charge in [0.1, 0.15) is 18.5 Å².